The maximum Gasteiger partial charge on any atom is 0.126 e. The molecule has 1 unspecified atom stereocenters. The fourth-order valence-electron chi connectivity index (χ4n) is 2.14. The Morgan fingerprint density at radius 3 is 2.40 bits per heavy atom. The van der Waals surface area contributed by atoms with Gasteiger partial charge in [0.2, 0.25) is 0 Å². The van der Waals surface area contributed by atoms with Gasteiger partial charge in [0.15, 0.2) is 0 Å². The van der Waals surface area contributed by atoms with Crippen molar-refractivity contribution < 1.29 is 13.9 Å². The second-order valence-electron chi connectivity index (χ2n) is 4.92. The van der Waals surface area contributed by atoms with Gasteiger partial charge in [0.25, 0.3) is 0 Å². The number of hydrogen-bond acceptors (Lipinski definition) is 2. The standard InChI is InChI=1S/C16H13F2NO/c1-16(20,13-4-2-3-11(5-13)10-19)9-12-6-14(17)8-15(18)7-12/h2-8,20H,9H2,1H3. The predicted octanol–water partition coefficient (Wildman–Crippen LogP) is 3.29. The van der Waals surface area contributed by atoms with Crippen LogP contribution in [-0.2, 0) is 12.0 Å². The predicted molar refractivity (Wildman–Crippen MR) is 70.8 cm³/mol. The molecular formula is C16H13F2NO. The zero-order chi connectivity index (χ0) is 14.8. The van der Waals surface area contributed by atoms with Crippen LogP contribution in [0.15, 0.2) is 42.5 Å². The van der Waals surface area contributed by atoms with E-state index in [1.54, 1.807) is 31.2 Å². The maximum absolute atomic E-state index is 13.2. The monoisotopic (exact) mass is 273 g/mol. The molecule has 2 rings (SSSR count). The molecule has 1 atom stereocenters. The Morgan fingerprint density at radius 1 is 1.15 bits per heavy atom. The molecule has 0 saturated heterocycles. The maximum atomic E-state index is 13.2. The van der Waals surface area contributed by atoms with E-state index in [-0.39, 0.29) is 6.42 Å². The second-order valence-corrected chi connectivity index (χ2v) is 4.92. The summed E-state index contributed by atoms with van der Waals surface area (Å²) < 4.78 is 26.3. The molecule has 0 heterocycles. The van der Waals surface area contributed by atoms with Crippen LogP contribution in [0.4, 0.5) is 8.78 Å². The van der Waals surface area contributed by atoms with Crippen molar-refractivity contribution in [3.05, 3.63) is 70.8 Å². The minimum atomic E-state index is -1.31. The second kappa shape index (κ2) is 5.40. The average molecular weight is 273 g/mol. The Labute approximate surface area is 115 Å². The number of hydrogen-bond donors (Lipinski definition) is 1. The van der Waals surface area contributed by atoms with E-state index in [4.69, 9.17) is 5.26 Å². The summed E-state index contributed by atoms with van der Waals surface area (Å²) in [6, 6.07) is 11.7. The molecule has 20 heavy (non-hydrogen) atoms. The van der Waals surface area contributed by atoms with Crippen molar-refractivity contribution in [3.63, 3.8) is 0 Å². The lowest BCUT2D eigenvalue weighted by atomic mass is 9.88. The van der Waals surface area contributed by atoms with Gasteiger partial charge in [0.05, 0.1) is 17.2 Å². The first-order valence-corrected chi connectivity index (χ1v) is 6.09. The zero-order valence-electron chi connectivity index (χ0n) is 10.9. The molecule has 0 aliphatic rings. The summed E-state index contributed by atoms with van der Waals surface area (Å²) >= 11 is 0. The first-order valence-electron chi connectivity index (χ1n) is 6.09. The zero-order valence-corrected chi connectivity index (χ0v) is 10.9. The molecule has 0 aromatic heterocycles. The van der Waals surface area contributed by atoms with Crippen molar-refractivity contribution in [2.45, 2.75) is 18.9 Å². The lowest BCUT2D eigenvalue weighted by Gasteiger charge is -2.24. The van der Waals surface area contributed by atoms with E-state index in [1.165, 1.54) is 12.1 Å². The molecule has 0 aliphatic heterocycles. The third-order valence-corrected chi connectivity index (χ3v) is 3.08. The van der Waals surface area contributed by atoms with Crippen LogP contribution in [0.2, 0.25) is 0 Å². The first-order chi connectivity index (χ1) is 9.40. The Morgan fingerprint density at radius 2 is 1.80 bits per heavy atom. The van der Waals surface area contributed by atoms with Gasteiger partial charge in [-0.1, -0.05) is 12.1 Å². The van der Waals surface area contributed by atoms with Crippen LogP contribution in [0.25, 0.3) is 0 Å². The van der Waals surface area contributed by atoms with Gasteiger partial charge in [0, 0.05) is 12.5 Å². The molecule has 102 valence electrons. The first kappa shape index (κ1) is 14.2. The molecule has 0 bridgehead atoms. The lowest BCUT2D eigenvalue weighted by Crippen LogP contribution is -2.24. The van der Waals surface area contributed by atoms with Crippen LogP contribution < -0.4 is 0 Å². The minimum Gasteiger partial charge on any atom is -0.385 e. The summed E-state index contributed by atoms with van der Waals surface area (Å²) in [7, 11) is 0. The van der Waals surface area contributed by atoms with E-state index in [0.717, 1.165) is 6.07 Å². The van der Waals surface area contributed by atoms with Gasteiger partial charge in [-0.3, -0.25) is 0 Å². The Kier molecular flexibility index (Phi) is 3.82. The summed E-state index contributed by atoms with van der Waals surface area (Å²) in [5.74, 6) is -1.36. The van der Waals surface area contributed by atoms with E-state index < -0.39 is 17.2 Å². The fraction of sp³-hybridized carbons (Fsp3) is 0.188. The third-order valence-electron chi connectivity index (χ3n) is 3.08. The van der Waals surface area contributed by atoms with Gasteiger partial charge < -0.3 is 5.11 Å². The molecule has 1 N–H and O–H groups in total. The quantitative estimate of drug-likeness (QED) is 0.932. The van der Waals surface area contributed by atoms with Crippen molar-refractivity contribution >= 4 is 0 Å². The van der Waals surface area contributed by atoms with Crippen LogP contribution in [0.1, 0.15) is 23.6 Å². The SMILES string of the molecule is CC(O)(Cc1cc(F)cc(F)c1)c1cccc(C#N)c1. The van der Waals surface area contributed by atoms with Crippen molar-refractivity contribution in [3.8, 4) is 6.07 Å². The summed E-state index contributed by atoms with van der Waals surface area (Å²) in [6.07, 6.45) is 0.0521. The number of nitrogens with zero attached hydrogens (tertiary/aromatic N) is 1. The van der Waals surface area contributed by atoms with E-state index >= 15 is 0 Å². The minimum absolute atomic E-state index is 0.0521. The van der Waals surface area contributed by atoms with Crippen molar-refractivity contribution in [2.75, 3.05) is 0 Å². The smallest absolute Gasteiger partial charge is 0.126 e. The third kappa shape index (κ3) is 3.19. The lowest BCUT2D eigenvalue weighted by molar-refractivity contribution is 0.0575. The highest BCUT2D eigenvalue weighted by Crippen LogP contribution is 2.26. The average Bonchev–Trinajstić information content (AvgIpc) is 2.37. The van der Waals surface area contributed by atoms with Gasteiger partial charge in [-0.15, -0.1) is 0 Å². The van der Waals surface area contributed by atoms with E-state index in [2.05, 4.69) is 0 Å². The van der Waals surface area contributed by atoms with Crippen molar-refractivity contribution in [1.82, 2.24) is 0 Å². The van der Waals surface area contributed by atoms with Crippen LogP contribution in [0.3, 0.4) is 0 Å². The number of nitriles is 1. The van der Waals surface area contributed by atoms with Gasteiger partial charge in [-0.05, 0) is 42.3 Å². The van der Waals surface area contributed by atoms with Crippen LogP contribution in [0.5, 0.6) is 0 Å². The topological polar surface area (TPSA) is 44.0 Å². The van der Waals surface area contributed by atoms with Crippen molar-refractivity contribution in [2.24, 2.45) is 0 Å². The molecule has 0 radical (unpaired) electrons. The van der Waals surface area contributed by atoms with Crippen molar-refractivity contribution in [1.29, 1.82) is 5.26 Å². The van der Waals surface area contributed by atoms with Gasteiger partial charge in [-0.25, -0.2) is 8.78 Å². The number of benzene rings is 2. The Hall–Kier alpha value is -2.25. The molecule has 0 aliphatic carbocycles. The van der Waals surface area contributed by atoms with Crippen LogP contribution in [-0.4, -0.2) is 5.11 Å². The molecule has 0 amide bonds. The molecule has 0 spiro atoms. The highest BCUT2D eigenvalue weighted by molar-refractivity contribution is 5.36. The molecule has 0 saturated carbocycles. The van der Waals surface area contributed by atoms with E-state index in [0.29, 0.717) is 16.7 Å². The van der Waals surface area contributed by atoms with Gasteiger partial charge in [0.1, 0.15) is 11.6 Å². The number of aliphatic hydroxyl groups is 1. The van der Waals surface area contributed by atoms with E-state index in [1.807, 2.05) is 6.07 Å². The molecule has 4 heteroatoms. The summed E-state index contributed by atoms with van der Waals surface area (Å²) in [5, 5.41) is 19.3. The molecule has 0 fully saturated rings. The van der Waals surface area contributed by atoms with Gasteiger partial charge >= 0.3 is 0 Å². The summed E-state index contributed by atoms with van der Waals surface area (Å²) in [4.78, 5) is 0. The number of halogens is 2. The van der Waals surface area contributed by atoms with Gasteiger partial charge in [-0.2, -0.15) is 5.26 Å². The number of rotatable bonds is 3. The summed E-state index contributed by atoms with van der Waals surface area (Å²) in [6.45, 7) is 1.55. The molecular weight excluding hydrogens is 260 g/mol. The van der Waals surface area contributed by atoms with Crippen LogP contribution in [0, 0.1) is 23.0 Å². The normalized spacial score (nSPS) is 13.6. The molecule has 2 aromatic rings. The molecule has 2 aromatic carbocycles. The highest BCUT2D eigenvalue weighted by Gasteiger charge is 2.24. The molecule has 2 nitrogen and oxygen atoms in total. The van der Waals surface area contributed by atoms with E-state index in [9.17, 15) is 13.9 Å². The summed E-state index contributed by atoms with van der Waals surface area (Å²) in [5.41, 5.74) is -0.00289. The Balaban J connectivity index is 2.32. The fourth-order valence-corrected chi connectivity index (χ4v) is 2.14. The Bertz CT molecular complexity index is 654. The van der Waals surface area contributed by atoms with Crippen LogP contribution >= 0.6 is 0 Å². The highest BCUT2D eigenvalue weighted by atomic mass is 19.1. The largest absolute Gasteiger partial charge is 0.385 e.